The lowest BCUT2D eigenvalue weighted by Gasteiger charge is -2.11. The molecule has 0 bridgehead atoms. The van der Waals surface area contributed by atoms with Crippen molar-refractivity contribution in [1.29, 1.82) is 0 Å². The molecule has 1 aromatic carbocycles. The lowest BCUT2D eigenvalue weighted by Crippen LogP contribution is -2.04. The van der Waals surface area contributed by atoms with Crippen LogP contribution in [-0.4, -0.2) is 4.98 Å². The Morgan fingerprint density at radius 1 is 1.09 bits per heavy atom. The van der Waals surface area contributed by atoms with Gasteiger partial charge in [0.25, 0.3) is 0 Å². The minimum atomic E-state index is -4.32. The van der Waals surface area contributed by atoms with Crippen molar-refractivity contribution >= 4 is 11.6 Å². The van der Waals surface area contributed by atoms with Crippen molar-refractivity contribution < 1.29 is 13.2 Å². The van der Waals surface area contributed by atoms with Crippen molar-refractivity contribution in [3.8, 4) is 11.3 Å². The minimum absolute atomic E-state index is 0.172. The van der Waals surface area contributed by atoms with Gasteiger partial charge in [-0.2, -0.15) is 13.2 Å². The topological polar surface area (TPSA) is 12.9 Å². The van der Waals surface area contributed by atoms with E-state index in [0.29, 0.717) is 11.3 Å². The van der Waals surface area contributed by atoms with Gasteiger partial charge in [-0.1, -0.05) is 38.0 Å². The molecule has 1 atom stereocenters. The molecular formula is C17H17ClF3N. The molecule has 0 saturated carbocycles. The second-order valence-corrected chi connectivity index (χ2v) is 5.66. The third kappa shape index (κ3) is 4.23. The lowest BCUT2D eigenvalue weighted by atomic mass is 10.1. The smallest absolute Gasteiger partial charge is 0.251 e. The molecule has 0 N–H and O–H groups in total. The molecule has 0 aliphatic carbocycles. The number of halogens is 4. The normalized spacial score (nSPS) is 13.1. The maximum absolute atomic E-state index is 12.6. The summed E-state index contributed by atoms with van der Waals surface area (Å²) in [7, 11) is 0. The van der Waals surface area contributed by atoms with Crippen LogP contribution in [-0.2, 0) is 6.18 Å². The van der Waals surface area contributed by atoms with Crippen LogP contribution in [0.25, 0.3) is 11.3 Å². The number of alkyl halides is 4. The third-order valence-corrected chi connectivity index (χ3v) is 3.85. The zero-order chi connectivity index (χ0) is 16.2. The molecule has 0 aliphatic rings. The van der Waals surface area contributed by atoms with Gasteiger partial charge >= 0.3 is 6.18 Å². The largest absolute Gasteiger partial charge is 0.416 e. The van der Waals surface area contributed by atoms with Crippen LogP contribution in [0.4, 0.5) is 13.2 Å². The van der Waals surface area contributed by atoms with E-state index in [1.807, 2.05) is 12.1 Å². The number of hydrogen-bond acceptors (Lipinski definition) is 1. The monoisotopic (exact) mass is 327 g/mol. The lowest BCUT2D eigenvalue weighted by molar-refractivity contribution is -0.137. The number of pyridine rings is 1. The van der Waals surface area contributed by atoms with Crippen LogP contribution in [0.15, 0.2) is 42.5 Å². The van der Waals surface area contributed by atoms with Crippen LogP contribution in [0, 0.1) is 0 Å². The summed E-state index contributed by atoms with van der Waals surface area (Å²) in [5.41, 5.74) is 1.38. The molecule has 0 saturated heterocycles. The molecule has 0 radical (unpaired) electrons. The van der Waals surface area contributed by atoms with E-state index in [9.17, 15) is 13.2 Å². The molecule has 0 amide bonds. The predicted octanol–water partition coefficient (Wildman–Crippen LogP) is 6.24. The average molecular weight is 328 g/mol. The molecule has 2 rings (SSSR count). The highest BCUT2D eigenvalue weighted by atomic mass is 35.5. The van der Waals surface area contributed by atoms with E-state index in [1.165, 1.54) is 12.1 Å². The third-order valence-electron chi connectivity index (χ3n) is 3.41. The highest BCUT2D eigenvalue weighted by Gasteiger charge is 2.30. The Balaban J connectivity index is 2.22. The molecular weight excluding hydrogens is 311 g/mol. The van der Waals surface area contributed by atoms with Gasteiger partial charge in [-0.05, 0) is 30.7 Å². The standard InChI is InChI=1S/C17H17ClF3N/c1-2-3-5-14(18)16-7-4-6-15(22-16)12-8-10-13(11-9-12)17(19,20)21/h4,6-11,14H,2-3,5H2,1H3. The molecule has 0 aliphatic heterocycles. The first kappa shape index (κ1) is 16.8. The van der Waals surface area contributed by atoms with Crippen LogP contribution in [0.1, 0.15) is 42.8 Å². The van der Waals surface area contributed by atoms with Crippen molar-refractivity contribution in [2.45, 2.75) is 37.7 Å². The van der Waals surface area contributed by atoms with E-state index in [1.54, 1.807) is 6.07 Å². The van der Waals surface area contributed by atoms with Gasteiger partial charge < -0.3 is 0 Å². The van der Waals surface area contributed by atoms with Crippen LogP contribution in [0.3, 0.4) is 0 Å². The molecule has 5 heteroatoms. The highest BCUT2D eigenvalue weighted by molar-refractivity contribution is 6.20. The summed E-state index contributed by atoms with van der Waals surface area (Å²) in [5.74, 6) is 0. The van der Waals surface area contributed by atoms with Crippen molar-refractivity contribution in [3.63, 3.8) is 0 Å². The van der Waals surface area contributed by atoms with Crippen LogP contribution < -0.4 is 0 Å². The van der Waals surface area contributed by atoms with Gasteiger partial charge in [0.05, 0.1) is 22.3 Å². The Bertz CT molecular complexity index is 608. The Kier molecular flexibility index (Phi) is 5.46. The van der Waals surface area contributed by atoms with Gasteiger partial charge in [-0.25, -0.2) is 0 Å². The zero-order valence-electron chi connectivity index (χ0n) is 12.2. The fraction of sp³-hybridized carbons (Fsp3) is 0.353. The molecule has 1 heterocycles. The Hall–Kier alpha value is -1.55. The molecule has 0 fully saturated rings. The SMILES string of the molecule is CCCCC(Cl)c1cccc(-c2ccc(C(F)(F)F)cc2)n1. The summed E-state index contributed by atoms with van der Waals surface area (Å²) in [6, 6.07) is 10.5. The van der Waals surface area contributed by atoms with Gasteiger partial charge in [0.2, 0.25) is 0 Å². The molecule has 22 heavy (non-hydrogen) atoms. The number of hydrogen-bond donors (Lipinski definition) is 0. The molecule has 1 nitrogen and oxygen atoms in total. The number of benzene rings is 1. The summed E-state index contributed by atoms with van der Waals surface area (Å²) < 4.78 is 37.7. The molecule has 1 aromatic heterocycles. The number of rotatable bonds is 5. The number of unbranched alkanes of at least 4 members (excludes halogenated alkanes) is 1. The maximum Gasteiger partial charge on any atom is 0.416 e. The van der Waals surface area contributed by atoms with E-state index >= 15 is 0 Å². The Morgan fingerprint density at radius 2 is 1.77 bits per heavy atom. The van der Waals surface area contributed by atoms with Gasteiger partial charge in [0.15, 0.2) is 0 Å². The van der Waals surface area contributed by atoms with E-state index < -0.39 is 11.7 Å². The second kappa shape index (κ2) is 7.14. The van der Waals surface area contributed by atoms with Gasteiger partial charge in [0.1, 0.15) is 0 Å². The first-order valence-electron chi connectivity index (χ1n) is 7.20. The van der Waals surface area contributed by atoms with Crippen LogP contribution in [0.2, 0.25) is 0 Å². The van der Waals surface area contributed by atoms with E-state index in [-0.39, 0.29) is 5.38 Å². The fourth-order valence-corrected chi connectivity index (χ4v) is 2.42. The van der Waals surface area contributed by atoms with Crippen molar-refractivity contribution in [2.75, 3.05) is 0 Å². The van der Waals surface area contributed by atoms with E-state index in [2.05, 4.69) is 11.9 Å². The maximum atomic E-state index is 12.6. The summed E-state index contributed by atoms with van der Waals surface area (Å²) in [6.45, 7) is 2.09. The summed E-state index contributed by atoms with van der Waals surface area (Å²) in [5, 5.41) is -0.172. The molecule has 118 valence electrons. The zero-order valence-corrected chi connectivity index (χ0v) is 13.0. The highest BCUT2D eigenvalue weighted by Crippen LogP contribution is 2.31. The summed E-state index contributed by atoms with van der Waals surface area (Å²) in [6.07, 6.45) is -1.42. The van der Waals surface area contributed by atoms with Crippen molar-refractivity contribution in [3.05, 3.63) is 53.7 Å². The first-order valence-corrected chi connectivity index (χ1v) is 7.64. The van der Waals surface area contributed by atoms with Crippen molar-refractivity contribution in [1.82, 2.24) is 4.98 Å². The van der Waals surface area contributed by atoms with Gasteiger partial charge in [-0.15, -0.1) is 11.6 Å². The number of nitrogens with zero attached hydrogens (tertiary/aromatic N) is 1. The van der Waals surface area contributed by atoms with Crippen LogP contribution >= 0.6 is 11.6 Å². The van der Waals surface area contributed by atoms with E-state index in [0.717, 1.165) is 37.1 Å². The second-order valence-electron chi connectivity index (χ2n) is 5.13. The van der Waals surface area contributed by atoms with Gasteiger partial charge in [0, 0.05) is 5.56 Å². The average Bonchev–Trinajstić information content (AvgIpc) is 2.52. The van der Waals surface area contributed by atoms with E-state index in [4.69, 9.17) is 11.6 Å². The van der Waals surface area contributed by atoms with Crippen molar-refractivity contribution in [2.24, 2.45) is 0 Å². The predicted molar refractivity (Wildman–Crippen MR) is 82.8 cm³/mol. The quantitative estimate of drug-likeness (QED) is 0.592. The first-order chi connectivity index (χ1) is 10.4. The number of aromatic nitrogens is 1. The summed E-state index contributed by atoms with van der Waals surface area (Å²) >= 11 is 6.32. The molecule has 2 aromatic rings. The minimum Gasteiger partial charge on any atom is -0.251 e. The molecule has 1 unspecified atom stereocenters. The molecule has 0 spiro atoms. The van der Waals surface area contributed by atoms with Gasteiger partial charge in [-0.3, -0.25) is 4.98 Å². The fourth-order valence-electron chi connectivity index (χ4n) is 2.15. The van der Waals surface area contributed by atoms with Crippen LogP contribution in [0.5, 0.6) is 0 Å². The summed E-state index contributed by atoms with van der Waals surface area (Å²) in [4.78, 5) is 4.47. The Morgan fingerprint density at radius 3 is 2.36 bits per heavy atom. The Labute approximate surface area is 133 Å².